The molecule has 1 N–H and O–H groups in total. The number of hydrogen-bond donors (Lipinski definition) is 1. The van der Waals surface area contributed by atoms with E-state index in [9.17, 15) is 24.3 Å². The number of aliphatic hydroxyl groups is 1. The Hall–Kier alpha value is -3.17. The number of esters is 1. The van der Waals surface area contributed by atoms with Crippen molar-refractivity contribution in [1.29, 1.82) is 0 Å². The zero-order chi connectivity index (χ0) is 24.0. The molecule has 8 nitrogen and oxygen atoms in total. The van der Waals surface area contributed by atoms with Crippen molar-refractivity contribution in [3.05, 3.63) is 65.2 Å². The highest BCUT2D eigenvalue weighted by Gasteiger charge is 2.36. The van der Waals surface area contributed by atoms with Gasteiger partial charge in [-0.05, 0) is 49.1 Å². The van der Waals surface area contributed by atoms with Crippen LogP contribution >= 0.6 is 11.8 Å². The lowest BCUT2D eigenvalue weighted by atomic mass is 9.97. The van der Waals surface area contributed by atoms with Crippen LogP contribution in [-0.2, 0) is 9.53 Å². The number of Topliss-reactive ketones (excluding diaryl/α,β-unsaturated/α-hetero) is 1. The Morgan fingerprint density at radius 2 is 1.61 bits per heavy atom. The van der Waals surface area contributed by atoms with Gasteiger partial charge in [0.05, 0.1) is 11.1 Å². The molecule has 33 heavy (non-hydrogen) atoms. The first-order chi connectivity index (χ1) is 15.7. The van der Waals surface area contributed by atoms with Gasteiger partial charge in [0.25, 0.3) is 11.8 Å². The highest BCUT2D eigenvalue weighted by molar-refractivity contribution is 7.99. The molecule has 0 aliphatic carbocycles. The van der Waals surface area contributed by atoms with Gasteiger partial charge in [0.2, 0.25) is 0 Å². The van der Waals surface area contributed by atoms with E-state index >= 15 is 0 Å². The summed E-state index contributed by atoms with van der Waals surface area (Å²) in [6.07, 6.45) is 0. The average Bonchev–Trinajstić information content (AvgIpc) is 3.05. The SMILES string of the molecule is CCSCC(C)(O)C(=O)c1ccc(OCCOC(=O)CN2C(=O)c3ccccc3C2=O)cc1. The molecule has 1 aliphatic heterocycles. The molecule has 0 bridgehead atoms. The van der Waals surface area contributed by atoms with E-state index in [-0.39, 0.29) is 30.1 Å². The Kier molecular flexibility index (Phi) is 7.88. The molecule has 2 aromatic carbocycles. The molecule has 0 radical (unpaired) electrons. The van der Waals surface area contributed by atoms with Crippen LogP contribution in [0.4, 0.5) is 0 Å². The van der Waals surface area contributed by atoms with E-state index in [1.165, 1.54) is 18.7 Å². The number of fused-ring (bicyclic) bond motifs is 1. The van der Waals surface area contributed by atoms with E-state index in [0.29, 0.717) is 17.1 Å². The van der Waals surface area contributed by atoms with Crippen molar-refractivity contribution in [3.8, 4) is 5.75 Å². The lowest BCUT2D eigenvalue weighted by Gasteiger charge is -2.21. The number of rotatable bonds is 11. The lowest BCUT2D eigenvalue weighted by Crippen LogP contribution is -2.37. The van der Waals surface area contributed by atoms with Crippen molar-refractivity contribution in [2.45, 2.75) is 19.4 Å². The van der Waals surface area contributed by atoms with E-state index in [4.69, 9.17) is 9.47 Å². The van der Waals surface area contributed by atoms with Crippen molar-refractivity contribution in [3.63, 3.8) is 0 Å². The fraction of sp³-hybridized carbons (Fsp3) is 0.333. The molecule has 174 valence electrons. The minimum absolute atomic E-state index is 0.0476. The van der Waals surface area contributed by atoms with Gasteiger partial charge in [-0.15, -0.1) is 0 Å². The smallest absolute Gasteiger partial charge is 0.326 e. The summed E-state index contributed by atoms with van der Waals surface area (Å²) in [5, 5.41) is 10.4. The summed E-state index contributed by atoms with van der Waals surface area (Å²) in [7, 11) is 0. The second-order valence-electron chi connectivity index (χ2n) is 7.58. The zero-order valence-corrected chi connectivity index (χ0v) is 19.2. The van der Waals surface area contributed by atoms with Crippen LogP contribution in [0.25, 0.3) is 0 Å². The summed E-state index contributed by atoms with van der Waals surface area (Å²) in [4.78, 5) is 49.9. The van der Waals surface area contributed by atoms with Gasteiger partial charge in [0.15, 0.2) is 5.78 Å². The largest absolute Gasteiger partial charge is 0.490 e. The highest BCUT2D eigenvalue weighted by atomic mass is 32.2. The van der Waals surface area contributed by atoms with Gasteiger partial charge < -0.3 is 14.6 Å². The molecule has 2 amide bonds. The molecule has 3 rings (SSSR count). The summed E-state index contributed by atoms with van der Waals surface area (Å²) >= 11 is 1.49. The first-order valence-electron chi connectivity index (χ1n) is 10.4. The van der Waals surface area contributed by atoms with Crippen molar-refractivity contribution >= 4 is 35.3 Å². The minimum Gasteiger partial charge on any atom is -0.490 e. The summed E-state index contributed by atoms with van der Waals surface area (Å²) in [6.45, 7) is 2.95. The van der Waals surface area contributed by atoms with Crippen LogP contribution in [-0.4, -0.2) is 70.4 Å². The fourth-order valence-corrected chi connectivity index (χ4v) is 3.99. The standard InChI is InChI=1S/C24H25NO7S/c1-3-33-15-24(2,30)21(27)16-8-10-17(11-9-16)31-12-13-32-20(26)14-25-22(28)18-6-4-5-7-19(18)23(25)29/h4-11,30H,3,12-15H2,1-2H3. The van der Waals surface area contributed by atoms with E-state index in [1.807, 2.05) is 6.92 Å². The number of ketones is 1. The minimum atomic E-state index is -1.45. The molecule has 0 saturated heterocycles. The summed E-state index contributed by atoms with van der Waals surface area (Å²) in [6, 6.07) is 12.7. The number of carbonyl (C=O) groups excluding carboxylic acids is 4. The normalized spacial score (nSPS) is 14.6. The molecule has 9 heteroatoms. The molecule has 1 heterocycles. The van der Waals surface area contributed by atoms with E-state index < -0.39 is 29.9 Å². The Morgan fingerprint density at radius 1 is 1.00 bits per heavy atom. The molecule has 1 aliphatic rings. The third kappa shape index (κ3) is 5.80. The number of nitrogens with zero attached hydrogens (tertiary/aromatic N) is 1. The average molecular weight is 472 g/mol. The monoisotopic (exact) mass is 471 g/mol. The number of imide groups is 1. The summed E-state index contributed by atoms with van der Waals surface area (Å²) < 4.78 is 10.6. The first-order valence-corrected chi connectivity index (χ1v) is 11.6. The first kappa shape index (κ1) is 24.5. The predicted molar refractivity (Wildman–Crippen MR) is 123 cm³/mol. The summed E-state index contributed by atoms with van der Waals surface area (Å²) in [5.74, 6) is -0.550. The van der Waals surface area contributed by atoms with E-state index in [2.05, 4.69) is 0 Å². The number of benzene rings is 2. The van der Waals surface area contributed by atoms with E-state index in [0.717, 1.165) is 10.7 Å². The number of hydrogen-bond acceptors (Lipinski definition) is 8. The van der Waals surface area contributed by atoms with Crippen molar-refractivity contribution in [2.24, 2.45) is 0 Å². The number of amides is 2. The molecule has 1 unspecified atom stereocenters. The maximum atomic E-state index is 12.5. The molecular weight excluding hydrogens is 446 g/mol. The van der Waals surface area contributed by atoms with Crippen molar-refractivity contribution in [1.82, 2.24) is 4.90 Å². The van der Waals surface area contributed by atoms with Crippen LogP contribution in [0, 0.1) is 0 Å². The lowest BCUT2D eigenvalue weighted by molar-refractivity contribution is -0.144. The van der Waals surface area contributed by atoms with Gasteiger partial charge in [0, 0.05) is 11.3 Å². The Labute approximate surface area is 195 Å². The summed E-state index contributed by atoms with van der Waals surface area (Å²) in [5.41, 5.74) is -0.537. The molecule has 2 aromatic rings. The Balaban J connectivity index is 1.43. The highest BCUT2D eigenvalue weighted by Crippen LogP contribution is 2.23. The molecule has 0 aromatic heterocycles. The second-order valence-corrected chi connectivity index (χ2v) is 8.85. The molecule has 1 atom stereocenters. The second kappa shape index (κ2) is 10.6. The van der Waals surface area contributed by atoms with Gasteiger partial charge in [-0.3, -0.25) is 24.1 Å². The Bertz CT molecular complexity index is 1010. The molecule has 0 fully saturated rings. The van der Waals surface area contributed by atoms with Crippen LogP contribution < -0.4 is 4.74 Å². The maximum Gasteiger partial charge on any atom is 0.326 e. The quantitative estimate of drug-likeness (QED) is 0.230. The van der Waals surface area contributed by atoms with Gasteiger partial charge >= 0.3 is 5.97 Å². The fourth-order valence-electron chi connectivity index (χ4n) is 3.25. The molecular formula is C24H25NO7S. The van der Waals surface area contributed by atoms with Crippen LogP contribution in [0.3, 0.4) is 0 Å². The van der Waals surface area contributed by atoms with Gasteiger partial charge in [-0.25, -0.2) is 0 Å². The zero-order valence-electron chi connectivity index (χ0n) is 18.4. The van der Waals surface area contributed by atoms with Crippen molar-refractivity contribution < 1.29 is 33.8 Å². The topological polar surface area (TPSA) is 110 Å². The van der Waals surface area contributed by atoms with Crippen molar-refractivity contribution in [2.75, 3.05) is 31.3 Å². The van der Waals surface area contributed by atoms with E-state index in [1.54, 1.807) is 48.5 Å². The van der Waals surface area contributed by atoms with Gasteiger partial charge in [-0.1, -0.05) is 19.1 Å². The number of thioether (sulfide) groups is 1. The number of carbonyl (C=O) groups is 4. The maximum absolute atomic E-state index is 12.5. The molecule has 0 saturated carbocycles. The van der Waals surface area contributed by atoms with Crippen LogP contribution in [0.1, 0.15) is 44.9 Å². The van der Waals surface area contributed by atoms with Crippen LogP contribution in [0.5, 0.6) is 5.75 Å². The van der Waals surface area contributed by atoms with Gasteiger partial charge in [0.1, 0.15) is 31.1 Å². The molecule has 0 spiro atoms. The third-order valence-electron chi connectivity index (χ3n) is 4.97. The van der Waals surface area contributed by atoms with Gasteiger partial charge in [-0.2, -0.15) is 11.8 Å². The predicted octanol–water partition coefficient (Wildman–Crippen LogP) is 2.59. The third-order valence-corrected chi connectivity index (χ3v) is 6.15. The van der Waals surface area contributed by atoms with Crippen LogP contribution in [0.2, 0.25) is 0 Å². The van der Waals surface area contributed by atoms with Crippen LogP contribution in [0.15, 0.2) is 48.5 Å². The Morgan fingerprint density at radius 3 is 2.18 bits per heavy atom. The number of ether oxygens (including phenoxy) is 2.